The first-order valence-corrected chi connectivity index (χ1v) is 7.39. The number of allylic oxidation sites excluding steroid dienone is 1. The molecule has 0 aromatic heterocycles. The second-order valence-corrected chi connectivity index (χ2v) is 5.53. The lowest BCUT2D eigenvalue weighted by Gasteiger charge is -2.18. The predicted molar refractivity (Wildman–Crippen MR) is 84.9 cm³/mol. The first kappa shape index (κ1) is 13.9. The van der Waals surface area contributed by atoms with Gasteiger partial charge in [0.05, 0.1) is 0 Å². The molecule has 0 atom stereocenters. The Bertz CT molecular complexity index is 707. The number of halogens is 1. The summed E-state index contributed by atoms with van der Waals surface area (Å²) in [5.41, 5.74) is 1.56. The summed E-state index contributed by atoms with van der Waals surface area (Å²) in [6.45, 7) is 1.06. The lowest BCUT2D eigenvalue weighted by atomic mass is 10.1. The highest BCUT2D eigenvalue weighted by molar-refractivity contribution is 9.10. The topological polar surface area (TPSA) is 35.5 Å². The molecule has 2 aromatic rings. The molecule has 0 radical (unpaired) electrons. The van der Waals surface area contributed by atoms with Crippen molar-refractivity contribution in [1.82, 2.24) is 0 Å². The first-order chi connectivity index (χ1) is 10.2. The molecular formula is C17H13BrO3. The summed E-state index contributed by atoms with van der Waals surface area (Å²) in [5.74, 6) is 1.25. The summed E-state index contributed by atoms with van der Waals surface area (Å²) < 4.78 is 11.9. The highest BCUT2D eigenvalue weighted by atomic mass is 79.9. The zero-order valence-electron chi connectivity index (χ0n) is 11.2. The minimum Gasteiger partial charge on any atom is -0.486 e. The Kier molecular flexibility index (Phi) is 4.06. The van der Waals surface area contributed by atoms with Crippen LogP contribution in [0.4, 0.5) is 0 Å². The average Bonchev–Trinajstić information content (AvgIpc) is 2.52. The number of hydrogen-bond donors (Lipinski definition) is 0. The molecule has 1 aliphatic rings. The number of ether oxygens (including phenoxy) is 2. The Labute approximate surface area is 131 Å². The molecule has 0 fully saturated rings. The zero-order chi connectivity index (χ0) is 14.7. The van der Waals surface area contributed by atoms with Gasteiger partial charge in [0, 0.05) is 10.0 Å². The molecule has 0 saturated heterocycles. The van der Waals surface area contributed by atoms with E-state index < -0.39 is 0 Å². The van der Waals surface area contributed by atoms with Crippen molar-refractivity contribution in [3.8, 4) is 11.5 Å². The second-order valence-electron chi connectivity index (χ2n) is 4.61. The van der Waals surface area contributed by atoms with Crippen molar-refractivity contribution in [2.75, 3.05) is 13.2 Å². The predicted octanol–water partition coefficient (Wildman–Crippen LogP) is 4.12. The van der Waals surface area contributed by atoms with Crippen molar-refractivity contribution in [3.05, 3.63) is 64.1 Å². The zero-order valence-corrected chi connectivity index (χ0v) is 12.8. The van der Waals surface area contributed by atoms with Crippen molar-refractivity contribution < 1.29 is 14.3 Å². The molecule has 1 heterocycles. The van der Waals surface area contributed by atoms with Crippen LogP contribution in [0.25, 0.3) is 6.08 Å². The molecule has 0 unspecified atom stereocenters. The Balaban J connectivity index is 1.79. The number of rotatable bonds is 3. The van der Waals surface area contributed by atoms with Gasteiger partial charge in [0.1, 0.15) is 13.2 Å². The second kappa shape index (κ2) is 6.14. The van der Waals surface area contributed by atoms with E-state index in [9.17, 15) is 4.79 Å². The quantitative estimate of drug-likeness (QED) is 0.620. The van der Waals surface area contributed by atoms with Crippen molar-refractivity contribution >= 4 is 27.8 Å². The summed E-state index contributed by atoms with van der Waals surface area (Å²) >= 11 is 3.41. The molecule has 3 rings (SSSR count). The molecule has 0 amide bonds. The summed E-state index contributed by atoms with van der Waals surface area (Å²) in [7, 11) is 0. The van der Waals surface area contributed by atoms with Crippen LogP contribution in [-0.4, -0.2) is 19.0 Å². The number of carbonyl (C=O) groups is 1. The van der Waals surface area contributed by atoms with Crippen LogP contribution >= 0.6 is 15.9 Å². The van der Waals surface area contributed by atoms with Crippen molar-refractivity contribution in [2.45, 2.75) is 0 Å². The van der Waals surface area contributed by atoms with Gasteiger partial charge in [-0.15, -0.1) is 0 Å². The van der Waals surface area contributed by atoms with Gasteiger partial charge in [-0.2, -0.15) is 0 Å². The Morgan fingerprint density at radius 2 is 1.86 bits per heavy atom. The molecule has 21 heavy (non-hydrogen) atoms. The SMILES string of the molecule is O=C(/C=C/c1cccc(Br)c1)c1ccc2c(c1)OCCO2. The molecule has 0 N–H and O–H groups in total. The van der Waals surface area contributed by atoms with E-state index in [4.69, 9.17) is 9.47 Å². The lowest BCUT2D eigenvalue weighted by molar-refractivity contribution is 0.104. The van der Waals surface area contributed by atoms with Gasteiger partial charge in [-0.05, 0) is 42.0 Å². The van der Waals surface area contributed by atoms with E-state index in [1.54, 1.807) is 30.4 Å². The average molecular weight is 345 g/mol. The van der Waals surface area contributed by atoms with Gasteiger partial charge < -0.3 is 9.47 Å². The number of hydrogen-bond acceptors (Lipinski definition) is 3. The minimum atomic E-state index is -0.0630. The fourth-order valence-corrected chi connectivity index (χ4v) is 2.49. The maximum Gasteiger partial charge on any atom is 0.185 e. The summed E-state index contributed by atoms with van der Waals surface area (Å²) in [5, 5.41) is 0. The molecule has 3 nitrogen and oxygen atoms in total. The number of ketones is 1. The van der Waals surface area contributed by atoms with E-state index in [1.165, 1.54) is 0 Å². The smallest absolute Gasteiger partial charge is 0.185 e. The van der Waals surface area contributed by atoms with Crippen LogP contribution in [0.3, 0.4) is 0 Å². The summed E-state index contributed by atoms with van der Waals surface area (Å²) in [6, 6.07) is 13.0. The molecule has 2 aromatic carbocycles. The fourth-order valence-electron chi connectivity index (χ4n) is 2.08. The van der Waals surface area contributed by atoms with E-state index in [-0.39, 0.29) is 5.78 Å². The normalized spacial score (nSPS) is 13.4. The van der Waals surface area contributed by atoms with Gasteiger partial charge in [-0.3, -0.25) is 4.79 Å². The van der Waals surface area contributed by atoms with Gasteiger partial charge in [-0.1, -0.05) is 34.1 Å². The third-order valence-electron chi connectivity index (χ3n) is 3.10. The first-order valence-electron chi connectivity index (χ1n) is 6.60. The van der Waals surface area contributed by atoms with Gasteiger partial charge >= 0.3 is 0 Å². The van der Waals surface area contributed by atoms with Crippen LogP contribution in [0.1, 0.15) is 15.9 Å². The molecule has 0 saturated carbocycles. The fraction of sp³-hybridized carbons (Fsp3) is 0.118. The largest absolute Gasteiger partial charge is 0.486 e. The summed E-state index contributed by atoms with van der Waals surface area (Å²) in [6.07, 6.45) is 3.36. The van der Waals surface area contributed by atoms with Gasteiger partial charge in [-0.25, -0.2) is 0 Å². The van der Waals surface area contributed by atoms with Crippen LogP contribution in [0.5, 0.6) is 11.5 Å². The Morgan fingerprint density at radius 3 is 2.67 bits per heavy atom. The maximum absolute atomic E-state index is 12.2. The van der Waals surface area contributed by atoms with Crippen LogP contribution in [0.2, 0.25) is 0 Å². The van der Waals surface area contributed by atoms with E-state index in [1.807, 2.05) is 24.3 Å². The molecule has 4 heteroatoms. The Morgan fingerprint density at radius 1 is 1.05 bits per heavy atom. The van der Waals surface area contributed by atoms with Crippen molar-refractivity contribution in [2.24, 2.45) is 0 Å². The molecule has 0 spiro atoms. The monoisotopic (exact) mass is 344 g/mol. The van der Waals surface area contributed by atoms with Crippen LogP contribution in [0.15, 0.2) is 53.0 Å². The van der Waals surface area contributed by atoms with Gasteiger partial charge in [0.2, 0.25) is 0 Å². The Hall–Kier alpha value is -2.07. The third-order valence-corrected chi connectivity index (χ3v) is 3.60. The minimum absolute atomic E-state index is 0.0630. The molecular weight excluding hydrogens is 332 g/mol. The maximum atomic E-state index is 12.2. The molecule has 1 aliphatic heterocycles. The number of benzene rings is 2. The molecule has 0 bridgehead atoms. The lowest BCUT2D eigenvalue weighted by Crippen LogP contribution is -2.15. The van der Waals surface area contributed by atoms with E-state index in [0.29, 0.717) is 30.3 Å². The summed E-state index contributed by atoms with van der Waals surface area (Å²) in [4.78, 5) is 12.2. The highest BCUT2D eigenvalue weighted by Gasteiger charge is 2.13. The number of fused-ring (bicyclic) bond motifs is 1. The van der Waals surface area contributed by atoms with E-state index in [2.05, 4.69) is 15.9 Å². The molecule has 106 valence electrons. The third kappa shape index (κ3) is 3.34. The highest BCUT2D eigenvalue weighted by Crippen LogP contribution is 2.31. The van der Waals surface area contributed by atoms with E-state index in [0.717, 1.165) is 10.0 Å². The standard InChI is InChI=1S/C17H13BrO3/c18-14-3-1-2-12(10-14)4-6-15(19)13-5-7-16-17(11-13)21-9-8-20-16/h1-7,10-11H,8-9H2/b6-4+. The van der Waals surface area contributed by atoms with Crippen LogP contribution < -0.4 is 9.47 Å². The van der Waals surface area contributed by atoms with E-state index >= 15 is 0 Å². The van der Waals surface area contributed by atoms with Crippen molar-refractivity contribution in [3.63, 3.8) is 0 Å². The van der Waals surface area contributed by atoms with Crippen LogP contribution in [0, 0.1) is 0 Å². The van der Waals surface area contributed by atoms with Crippen LogP contribution in [-0.2, 0) is 0 Å². The van der Waals surface area contributed by atoms with Gasteiger partial charge in [0.15, 0.2) is 17.3 Å². The van der Waals surface area contributed by atoms with Crippen molar-refractivity contribution in [1.29, 1.82) is 0 Å². The molecule has 0 aliphatic carbocycles. The number of carbonyl (C=O) groups excluding carboxylic acids is 1. The van der Waals surface area contributed by atoms with Gasteiger partial charge in [0.25, 0.3) is 0 Å².